The fourth-order valence-electron chi connectivity index (χ4n) is 2.30. The van der Waals surface area contributed by atoms with E-state index in [1.807, 2.05) is 30.3 Å². The zero-order valence-electron chi connectivity index (χ0n) is 10.9. The molecule has 0 spiro atoms. The second-order valence-corrected chi connectivity index (χ2v) is 6.26. The quantitative estimate of drug-likeness (QED) is 0.693. The minimum absolute atomic E-state index is 0.0836. The number of hydrogen-bond donors (Lipinski definition) is 3. The summed E-state index contributed by atoms with van der Waals surface area (Å²) in [4.78, 5) is 18.0. The lowest BCUT2D eigenvalue weighted by Gasteiger charge is -2.17. The number of halogens is 1. The molecular weight excluding hydrogens is 294 g/mol. The van der Waals surface area contributed by atoms with Crippen LogP contribution in [0.25, 0.3) is 11.0 Å². The molecule has 1 unspecified atom stereocenters. The highest BCUT2D eigenvalue weighted by atomic mass is 35.5. The molecule has 20 heavy (non-hydrogen) atoms. The molecule has 0 aliphatic heterocycles. The van der Waals surface area contributed by atoms with Gasteiger partial charge in [-0.2, -0.15) is 0 Å². The molecule has 3 aromatic rings. The molecule has 0 saturated heterocycles. The normalized spacial score (nSPS) is 12.9. The monoisotopic (exact) mass is 307 g/mol. The predicted molar refractivity (Wildman–Crippen MR) is 83.8 cm³/mol. The molecule has 2 aromatic heterocycles. The molecule has 0 aliphatic carbocycles. The van der Waals surface area contributed by atoms with E-state index >= 15 is 0 Å². The van der Waals surface area contributed by atoms with Gasteiger partial charge in [-0.1, -0.05) is 24.6 Å². The van der Waals surface area contributed by atoms with Crippen LogP contribution in [0.1, 0.15) is 23.4 Å². The van der Waals surface area contributed by atoms with Crippen LogP contribution in [0, 0.1) is 0 Å². The topological polar surface area (TPSA) is 60.7 Å². The number of imidazole rings is 1. The van der Waals surface area contributed by atoms with E-state index in [2.05, 4.69) is 22.2 Å². The Kier molecular flexibility index (Phi) is 3.65. The summed E-state index contributed by atoms with van der Waals surface area (Å²) in [6.45, 7) is 2.92. The summed E-state index contributed by atoms with van der Waals surface area (Å²) in [5.74, 6) is 0. The number of aromatic amines is 2. The number of hydrogen-bond acceptors (Lipinski definition) is 3. The van der Waals surface area contributed by atoms with Gasteiger partial charge in [0.25, 0.3) is 0 Å². The van der Waals surface area contributed by atoms with E-state index in [-0.39, 0.29) is 11.7 Å². The third kappa shape index (κ3) is 2.52. The van der Waals surface area contributed by atoms with Crippen molar-refractivity contribution in [3.05, 3.63) is 55.6 Å². The minimum Gasteiger partial charge on any atom is -0.306 e. The molecule has 3 N–H and O–H groups in total. The smallest absolute Gasteiger partial charge is 0.306 e. The predicted octanol–water partition coefficient (Wildman–Crippen LogP) is 3.27. The molecule has 1 atom stereocenters. The number of fused-ring (bicyclic) bond motifs is 1. The zero-order valence-corrected chi connectivity index (χ0v) is 12.4. The second-order valence-electron chi connectivity index (χ2n) is 4.52. The summed E-state index contributed by atoms with van der Waals surface area (Å²) in [5.41, 5.74) is 2.56. The van der Waals surface area contributed by atoms with E-state index in [0.717, 1.165) is 32.4 Å². The van der Waals surface area contributed by atoms with Gasteiger partial charge in [0.15, 0.2) is 0 Å². The highest BCUT2D eigenvalue weighted by Gasteiger charge is 2.16. The molecule has 0 amide bonds. The number of nitrogens with one attached hydrogen (secondary N) is 3. The van der Waals surface area contributed by atoms with Crippen LogP contribution in [0.15, 0.2) is 35.1 Å². The van der Waals surface area contributed by atoms with Crippen molar-refractivity contribution < 1.29 is 0 Å². The Morgan fingerprint density at radius 2 is 2.05 bits per heavy atom. The van der Waals surface area contributed by atoms with Crippen LogP contribution in [0.5, 0.6) is 0 Å². The van der Waals surface area contributed by atoms with Gasteiger partial charge in [-0.15, -0.1) is 11.3 Å². The van der Waals surface area contributed by atoms with Crippen LogP contribution < -0.4 is 11.0 Å². The Morgan fingerprint density at radius 1 is 1.25 bits per heavy atom. The first-order chi connectivity index (χ1) is 9.67. The number of thiophene rings is 1. The van der Waals surface area contributed by atoms with Crippen molar-refractivity contribution in [1.29, 1.82) is 0 Å². The summed E-state index contributed by atoms with van der Waals surface area (Å²) < 4.78 is 0.777. The van der Waals surface area contributed by atoms with Crippen molar-refractivity contribution in [2.24, 2.45) is 0 Å². The van der Waals surface area contributed by atoms with Crippen LogP contribution in [0.2, 0.25) is 4.34 Å². The summed E-state index contributed by atoms with van der Waals surface area (Å²) in [6.07, 6.45) is 0. The van der Waals surface area contributed by atoms with Crippen molar-refractivity contribution in [2.45, 2.75) is 13.0 Å². The molecule has 1 aromatic carbocycles. The molecule has 2 heterocycles. The average molecular weight is 308 g/mol. The largest absolute Gasteiger partial charge is 0.323 e. The molecule has 0 bridgehead atoms. The Bertz CT molecular complexity index is 789. The first-order valence-corrected chi connectivity index (χ1v) is 7.57. The molecular formula is C14H14ClN3OS. The number of rotatable bonds is 4. The lowest BCUT2D eigenvalue weighted by Crippen LogP contribution is -2.21. The van der Waals surface area contributed by atoms with Crippen molar-refractivity contribution in [1.82, 2.24) is 15.3 Å². The van der Waals surface area contributed by atoms with Gasteiger partial charge in [-0.25, -0.2) is 4.79 Å². The van der Waals surface area contributed by atoms with Crippen LogP contribution in [-0.4, -0.2) is 16.5 Å². The standard InChI is InChI=1S/C14H14ClN3OS/c1-2-16-13(11-5-6-12(15)20-11)8-3-4-9-10(7-8)18-14(19)17-9/h3-7,13,16H,2H2,1H3,(H2,17,18,19). The maximum absolute atomic E-state index is 11.3. The molecule has 0 aliphatic rings. The van der Waals surface area contributed by atoms with Crippen LogP contribution >= 0.6 is 22.9 Å². The van der Waals surface area contributed by atoms with Gasteiger partial charge in [-0.05, 0) is 36.4 Å². The molecule has 0 fully saturated rings. The van der Waals surface area contributed by atoms with E-state index in [9.17, 15) is 4.79 Å². The molecule has 0 radical (unpaired) electrons. The lowest BCUT2D eigenvalue weighted by atomic mass is 10.0. The van der Waals surface area contributed by atoms with Gasteiger partial charge in [0, 0.05) is 4.88 Å². The maximum Gasteiger partial charge on any atom is 0.323 e. The van der Waals surface area contributed by atoms with E-state index in [1.165, 1.54) is 0 Å². The van der Waals surface area contributed by atoms with Gasteiger partial charge in [0.2, 0.25) is 0 Å². The fourth-order valence-corrected chi connectivity index (χ4v) is 3.46. The number of benzene rings is 1. The van der Waals surface area contributed by atoms with Gasteiger partial charge in [-0.3, -0.25) is 0 Å². The SMILES string of the molecule is CCNC(c1ccc2[nH]c(=O)[nH]c2c1)c1ccc(Cl)s1. The van der Waals surface area contributed by atoms with Crippen molar-refractivity contribution in [2.75, 3.05) is 6.54 Å². The fraction of sp³-hybridized carbons (Fsp3) is 0.214. The molecule has 4 nitrogen and oxygen atoms in total. The summed E-state index contributed by atoms with van der Waals surface area (Å²) >= 11 is 7.59. The molecule has 0 saturated carbocycles. The van der Waals surface area contributed by atoms with Gasteiger partial charge in [0.1, 0.15) is 0 Å². The summed E-state index contributed by atoms with van der Waals surface area (Å²) in [7, 11) is 0. The average Bonchev–Trinajstić information content (AvgIpc) is 3.00. The summed E-state index contributed by atoms with van der Waals surface area (Å²) in [5, 5.41) is 3.45. The minimum atomic E-state index is -0.184. The van der Waals surface area contributed by atoms with Gasteiger partial charge in [0.05, 0.1) is 21.4 Å². The first-order valence-electron chi connectivity index (χ1n) is 6.38. The maximum atomic E-state index is 11.3. The lowest BCUT2D eigenvalue weighted by molar-refractivity contribution is 0.640. The second kappa shape index (κ2) is 5.44. The Morgan fingerprint density at radius 3 is 2.75 bits per heavy atom. The van der Waals surface area contributed by atoms with Gasteiger partial charge >= 0.3 is 5.69 Å². The Labute approximate surface area is 124 Å². The Hall–Kier alpha value is -1.56. The third-order valence-electron chi connectivity index (χ3n) is 3.16. The van der Waals surface area contributed by atoms with E-state index in [0.29, 0.717) is 0 Å². The zero-order chi connectivity index (χ0) is 14.1. The van der Waals surface area contributed by atoms with Crippen LogP contribution in [-0.2, 0) is 0 Å². The molecule has 3 rings (SSSR count). The van der Waals surface area contributed by atoms with Crippen molar-refractivity contribution in [3.63, 3.8) is 0 Å². The number of H-pyrrole nitrogens is 2. The van der Waals surface area contributed by atoms with Crippen molar-refractivity contribution in [3.8, 4) is 0 Å². The third-order valence-corrected chi connectivity index (χ3v) is 4.46. The van der Waals surface area contributed by atoms with E-state index < -0.39 is 0 Å². The number of aromatic nitrogens is 2. The van der Waals surface area contributed by atoms with Crippen molar-refractivity contribution >= 4 is 34.0 Å². The van der Waals surface area contributed by atoms with Crippen LogP contribution in [0.4, 0.5) is 0 Å². The van der Waals surface area contributed by atoms with E-state index in [4.69, 9.17) is 11.6 Å². The highest BCUT2D eigenvalue weighted by Crippen LogP contribution is 2.31. The van der Waals surface area contributed by atoms with Gasteiger partial charge < -0.3 is 15.3 Å². The summed E-state index contributed by atoms with van der Waals surface area (Å²) in [6, 6.07) is 9.95. The first kappa shape index (κ1) is 13.4. The van der Waals surface area contributed by atoms with Crippen LogP contribution in [0.3, 0.4) is 0 Å². The molecule has 104 valence electrons. The Balaban J connectivity index is 2.06. The van der Waals surface area contributed by atoms with E-state index in [1.54, 1.807) is 11.3 Å². The highest BCUT2D eigenvalue weighted by molar-refractivity contribution is 7.16. The molecule has 6 heteroatoms.